The number of ether oxygens (including phenoxy) is 1. The average Bonchev–Trinajstić information content (AvgIpc) is 2.20. The highest BCUT2D eigenvalue weighted by atomic mass is 79.9. The van der Waals surface area contributed by atoms with Gasteiger partial charge in [0, 0.05) is 12.3 Å². The van der Waals surface area contributed by atoms with Gasteiger partial charge < -0.3 is 4.74 Å². The third-order valence-corrected chi connectivity index (χ3v) is 1.94. The Balaban J connectivity index is 0.000000770. The van der Waals surface area contributed by atoms with Crippen LogP contribution in [0, 0.1) is 11.3 Å². The molecule has 1 aromatic carbocycles. The lowest BCUT2D eigenvalue weighted by atomic mass is 10.2. The fraction of sp³-hybridized carbons (Fsp3) is 0.364. The lowest BCUT2D eigenvalue weighted by Gasteiger charge is -2.08. The Labute approximate surface area is 106 Å². The topological polar surface area (TPSA) is 33.0 Å². The van der Waals surface area contributed by atoms with Gasteiger partial charge in [-0.3, -0.25) is 0 Å². The van der Waals surface area contributed by atoms with Gasteiger partial charge in [-0.2, -0.15) is 5.26 Å². The van der Waals surface area contributed by atoms with E-state index in [-0.39, 0.29) is 5.75 Å². The largest absolute Gasteiger partial charge is 0.573 e. The number of halogens is 4. The van der Waals surface area contributed by atoms with E-state index < -0.39 is 6.36 Å². The Hall–Kier alpha value is -1.22. The minimum Gasteiger partial charge on any atom is -0.406 e. The predicted molar refractivity (Wildman–Crippen MR) is 61.9 cm³/mol. The first-order valence-corrected chi connectivity index (χ1v) is 5.76. The minimum absolute atomic E-state index is 0.184. The van der Waals surface area contributed by atoms with Crippen LogP contribution in [-0.2, 0) is 6.42 Å². The number of nitriles is 1. The number of hydrogen-bond acceptors (Lipinski definition) is 2. The van der Waals surface area contributed by atoms with Gasteiger partial charge in [0.15, 0.2) is 0 Å². The first kappa shape index (κ1) is 15.8. The average molecular weight is 310 g/mol. The van der Waals surface area contributed by atoms with E-state index in [1.165, 1.54) is 19.1 Å². The van der Waals surface area contributed by atoms with E-state index in [1.807, 2.05) is 0 Å². The number of nitrogens with zero attached hydrogens (tertiary/aromatic N) is 1. The molecule has 0 radical (unpaired) electrons. The first-order chi connectivity index (χ1) is 7.92. The van der Waals surface area contributed by atoms with Gasteiger partial charge in [-0.1, -0.05) is 28.1 Å². The zero-order valence-electron chi connectivity index (χ0n) is 9.09. The molecule has 0 spiro atoms. The third kappa shape index (κ3) is 8.57. The lowest BCUT2D eigenvalue weighted by molar-refractivity contribution is -0.274. The van der Waals surface area contributed by atoms with E-state index in [0.717, 1.165) is 17.3 Å². The fourth-order valence-corrected chi connectivity index (χ4v) is 1.42. The maximum Gasteiger partial charge on any atom is 0.573 e. The number of rotatable bonds is 3. The second-order valence-corrected chi connectivity index (χ2v) is 3.65. The highest BCUT2D eigenvalue weighted by molar-refractivity contribution is 9.09. The molecule has 1 rings (SSSR count). The molecule has 0 N–H and O–H groups in total. The Morgan fingerprint density at radius 3 is 2.12 bits per heavy atom. The number of alkyl halides is 4. The van der Waals surface area contributed by atoms with Crippen LogP contribution in [-0.4, -0.2) is 11.7 Å². The van der Waals surface area contributed by atoms with Crippen LogP contribution in [0.15, 0.2) is 24.3 Å². The van der Waals surface area contributed by atoms with Gasteiger partial charge in [-0.25, -0.2) is 0 Å². The zero-order chi connectivity index (χ0) is 13.3. The summed E-state index contributed by atoms with van der Waals surface area (Å²) < 4.78 is 39.0. The van der Waals surface area contributed by atoms with Crippen LogP contribution in [0.1, 0.15) is 12.5 Å². The van der Waals surface area contributed by atoms with Gasteiger partial charge in [0.1, 0.15) is 5.75 Å². The molecule has 0 aromatic heterocycles. The second kappa shape index (κ2) is 7.96. The van der Waals surface area contributed by atoms with Crippen molar-refractivity contribution in [3.05, 3.63) is 29.8 Å². The van der Waals surface area contributed by atoms with Crippen molar-refractivity contribution < 1.29 is 17.9 Å². The Morgan fingerprint density at radius 1 is 1.29 bits per heavy atom. The summed E-state index contributed by atoms with van der Waals surface area (Å²) >= 11 is 3.24. The Kier molecular flexibility index (Phi) is 7.39. The summed E-state index contributed by atoms with van der Waals surface area (Å²) in [4.78, 5) is 0. The molecule has 0 saturated carbocycles. The Morgan fingerprint density at radius 2 is 1.76 bits per heavy atom. The van der Waals surface area contributed by atoms with E-state index in [1.54, 1.807) is 18.2 Å². The molecule has 0 saturated heterocycles. The van der Waals surface area contributed by atoms with Crippen LogP contribution < -0.4 is 4.74 Å². The molecule has 1 aromatic rings. The summed E-state index contributed by atoms with van der Waals surface area (Å²) in [5.74, 6) is -0.184. The summed E-state index contributed by atoms with van der Waals surface area (Å²) in [6.45, 7) is 1.43. The van der Waals surface area contributed by atoms with Gasteiger partial charge in [-0.05, 0) is 24.1 Å². The Bertz CT molecular complexity index is 356. The maximum atomic E-state index is 11.8. The van der Waals surface area contributed by atoms with Gasteiger partial charge in [0.25, 0.3) is 0 Å². The van der Waals surface area contributed by atoms with Crippen LogP contribution in [0.5, 0.6) is 5.75 Å². The van der Waals surface area contributed by atoms with Crippen molar-refractivity contribution in [1.29, 1.82) is 5.26 Å². The SMILES string of the molecule is CC#N.FC(F)(F)Oc1ccc(CCBr)cc1. The fourth-order valence-electron chi connectivity index (χ4n) is 0.967. The number of aryl methyl sites for hydroxylation is 1. The molecule has 0 aliphatic heterocycles. The van der Waals surface area contributed by atoms with E-state index in [0.29, 0.717) is 0 Å². The normalized spacial score (nSPS) is 9.88. The molecule has 0 fully saturated rings. The monoisotopic (exact) mass is 309 g/mol. The van der Waals surface area contributed by atoms with Crippen molar-refractivity contribution in [3.8, 4) is 11.8 Å². The van der Waals surface area contributed by atoms with E-state index in [4.69, 9.17) is 5.26 Å². The van der Waals surface area contributed by atoms with E-state index in [2.05, 4.69) is 20.7 Å². The molecular formula is C11H11BrF3NO. The quantitative estimate of drug-likeness (QED) is 0.789. The van der Waals surface area contributed by atoms with Gasteiger partial charge in [0.2, 0.25) is 0 Å². The number of hydrogen-bond donors (Lipinski definition) is 0. The zero-order valence-corrected chi connectivity index (χ0v) is 10.7. The second-order valence-electron chi connectivity index (χ2n) is 2.85. The highest BCUT2D eigenvalue weighted by Crippen LogP contribution is 2.22. The van der Waals surface area contributed by atoms with E-state index in [9.17, 15) is 13.2 Å². The molecule has 17 heavy (non-hydrogen) atoms. The molecule has 0 unspecified atom stereocenters. The van der Waals surface area contributed by atoms with Gasteiger partial charge >= 0.3 is 6.36 Å². The molecule has 2 nitrogen and oxygen atoms in total. The molecule has 0 aliphatic carbocycles. The summed E-state index contributed by atoms with van der Waals surface area (Å²) in [7, 11) is 0. The summed E-state index contributed by atoms with van der Waals surface area (Å²) in [5, 5.41) is 8.10. The molecule has 0 atom stereocenters. The van der Waals surface area contributed by atoms with Gasteiger partial charge in [0.05, 0.1) is 6.07 Å². The van der Waals surface area contributed by atoms with Crippen molar-refractivity contribution >= 4 is 15.9 Å². The predicted octanol–water partition coefficient (Wildman–Crippen LogP) is 4.05. The minimum atomic E-state index is -4.61. The molecule has 0 amide bonds. The molecule has 94 valence electrons. The lowest BCUT2D eigenvalue weighted by Crippen LogP contribution is -2.17. The van der Waals surface area contributed by atoms with Crippen molar-refractivity contribution in [2.45, 2.75) is 19.7 Å². The van der Waals surface area contributed by atoms with E-state index >= 15 is 0 Å². The molecule has 0 heterocycles. The van der Waals surface area contributed by atoms with Gasteiger partial charge in [-0.15, -0.1) is 13.2 Å². The van der Waals surface area contributed by atoms with Crippen LogP contribution >= 0.6 is 15.9 Å². The van der Waals surface area contributed by atoms with Crippen molar-refractivity contribution in [1.82, 2.24) is 0 Å². The summed E-state index contributed by atoms with van der Waals surface area (Å²) in [5.41, 5.74) is 0.969. The van der Waals surface area contributed by atoms with Crippen molar-refractivity contribution in [3.63, 3.8) is 0 Å². The van der Waals surface area contributed by atoms with Crippen molar-refractivity contribution in [2.75, 3.05) is 5.33 Å². The molecule has 0 aliphatic rings. The summed E-state index contributed by atoms with van der Waals surface area (Å²) in [6, 6.07) is 7.60. The standard InChI is InChI=1S/C9H8BrF3O.C2H3N/c10-6-5-7-1-3-8(4-2-7)14-9(11,12)13;1-2-3/h1-4H,5-6H2;1H3. The molecule has 0 bridgehead atoms. The van der Waals surface area contributed by atoms with Crippen LogP contribution in [0.4, 0.5) is 13.2 Å². The molecule has 6 heteroatoms. The van der Waals surface area contributed by atoms with Crippen LogP contribution in [0.2, 0.25) is 0 Å². The smallest absolute Gasteiger partial charge is 0.406 e. The highest BCUT2D eigenvalue weighted by Gasteiger charge is 2.30. The van der Waals surface area contributed by atoms with Crippen LogP contribution in [0.3, 0.4) is 0 Å². The third-order valence-electron chi connectivity index (χ3n) is 1.54. The first-order valence-electron chi connectivity index (χ1n) is 4.64. The van der Waals surface area contributed by atoms with Crippen LogP contribution in [0.25, 0.3) is 0 Å². The van der Waals surface area contributed by atoms with Crippen molar-refractivity contribution in [2.24, 2.45) is 0 Å². The maximum absolute atomic E-state index is 11.8. The summed E-state index contributed by atoms with van der Waals surface area (Å²) in [6.07, 6.45) is -3.83. The number of benzene rings is 1. The molecular weight excluding hydrogens is 299 g/mol.